The van der Waals surface area contributed by atoms with Crippen molar-refractivity contribution in [2.45, 2.75) is 38.7 Å². The first kappa shape index (κ1) is 24.7. The van der Waals surface area contributed by atoms with Gasteiger partial charge in [0.2, 0.25) is 5.91 Å². The second-order valence-electron chi connectivity index (χ2n) is 9.53. The van der Waals surface area contributed by atoms with E-state index >= 15 is 0 Å². The normalized spacial score (nSPS) is 20.4. The summed E-state index contributed by atoms with van der Waals surface area (Å²) in [7, 11) is 0. The van der Waals surface area contributed by atoms with Crippen molar-refractivity contribution in [3.63, 3.8) is 0 Å². The first-order chi connectivity index (χ1) is 16.8. The van der Waals surface area contributed by atoms with Crippen LogP contribution in [-0.2, 0) is 19.1 Å². The summed E-state index contributed by atoms with van der Waals surface area (Å²) in [5.41, 5.74) is 3.64. The van der Waals surface area contributed by atoms with Crippen LogP contribution < -0.4 is 10.6 Å². The van der Waals surface area contributed by atoms with Gasteiger partial charge in [0.25, 0.3) is 0 Å². The number of amides is 2. The zero-order chi connectivity index (χ0) is 25.0. The number of aliphatic carboxylic acids is 1. The molecule has 35 heavy (non-hydrogen) atoms. The molecule has 3 atom stereocenters. The lowest BCUT2D eigenvalue weighted by atomic mass is 9.87. The molecule has 3 unspecified atom stereocenters. The van der Waals surface area contributed by atoms with Gasteiger partial charge in [-0.2, -0.15) is 0 Å². The van der Waals surface area contributed by atoms with E-state index in [9.17, 15) is 19.5 Å². The smallest absolute Gasteiger partial charge is 0.407 e. The van der Waals surface area contributed by atoms with Crippen LogP contribution in [0.4, 0.5) is 4.79 Å². The van der Waals surface area contributed by atoms with E-state index in [1.54, 1.807) is 13.8 Å². The molecule has 1 aliphatic heterocycles. The fourth-order valence-corrected chi connectivity index (χ4v) is 4.66. The fourth-order valence-electron chi connectivity index (χ4n) is 4.66. The van der Waals surface area contributed by atoms with E-state index in [4.69, 9.17) is 9.47 Å². The first-order valence-electron chi connectivity index (χ1n) is 12.0. The Morgan fingerprint density at radius 3 is 2.29 bits per heavy atom. The van der Waals surface area contributed by atoms with Gasteiger partial charge in [0, 0.05) is 19.0 Å². The second kappa shape index (κ2) is 10.5. The van der Waals surface area contributed by atoms with E-state index in [1.165, 1.54) is 11.1 Å². The van der Waals surface area contributed by atoms with Gasteiger partial charge in [-0.25, -0.2) is 4.79 Å². The van der Waals surface area contributed by atoms with E-state index in [0.717, 1.165) is 11.1 Å². The van der Waals surface area contributed by atoms with Gasteiger partial charge in [-0.05, 0) is 42.0 Å². The number of carbonyl (C=O) groups excluding carboxylic acids is 2. The third-order valence-corrected chi connectivity index (χ3v) is 7.22. The monoisotopic (exact) mass is 480 g/mol. The number of fused-ring (bicyclic) bond motifs is 3. The Kier molecular flexibility index (Phi) is 7.40. The van der Waals surface area contributed by atoms with Crippen LogP contribution in [0.25, 0.3) is 11.1 Å². The number of benzene rings is 2. The maximum atomic E-state index is 12.5. The summed E-state index contributed by atoms with van der Waals surface area (Å²) < 4.78 is 11.2. The molecule has 1 saturated heterocycles. The van der Waals surface area contributed by atoms with Crippen molar-refractivity contribution in [3.05, 3.63) is 59.7 Å². The molecule has 2 aliphatic rings. The number of hydrogen-bond acceptors (Lipinski definition) is 5. The van der Waals surface area contributed by atoms with E-state index in [0.29, 0.717) is 12.8 Å². The summed E-state index contributed by atoms with van der Waals surface area (Å²) >= 11 is 0. The number of carboxylic acids is 1. The molecule has 3 N–H and O–H groups in total. The highest BCUT2D eigenvalue weighted by Gasteiger charge is 2.35. The molecule has 0 spiro atoms. The highest BCUT2D eigenvalue weighted by atomic mass is 16.5. The van der Waals surface area contributed by atoms with Gasteiger partial charge in [-0.3, -0.25) is 9.59 Å². The maximum absolute atomic E-state index is 12.5. The highest BCUT2D eigenvalue weighted by molar-refractivity contribution is 5.81. The van der Waals surface area contributed by atoms with Crippen LogP contribution in [0.5, 0.6) is 0 Å². The third kappa shape index (κ3) is 5.32. The van der Waals surface area contributed by atoms with Crippen LogP contribution in [0.3, 0.4) is 0 Å². The van der Waals surface area contributed by atoms with Crippen LogP contribution in [0, 0.1) is 11.3 Å². The summed E-state index contributed by atoms with van der Waals surface area (Å²) in [6.45, 7) is 4.17. The lowest BCUT2D eigenvalue weighted by Crippen LogP contribution is -2.43. The second-order valence-corrected chi connectivity index (χ2v) is 9.53. The standard InChI is InChI=1S/C27H32N2O6/c1-3-27(2,25(31)32)16-29-24(30)17-12-18(34-14-17)13-28-26(33)35-15-23-21-10-6-4-8-19(21)20-9-5-7-11-22(20)23/h4-11,17-18,23H,3,12-16H2,1-2H3,(H,28,33)(H,29,30)(H,31,32). The molecule has 2 aromatic carbocycles. The maximum Gasteiger partial charge on any atom is 0.407 e. The van der Waals surface area contributed by atoms with Crippen molar-refractivity contribution < 1.29 is 29.0 Å². The Bertz CT molecular complexity index is 1060. The Hall–Kier alpha value is -3.39. The molecule has 1 aliphatic carbocycles. The number of nitrogens with one attached hydrogen (secondary N) is 2. The quantitative estimate of drug-likeness (QED) is 0.506. The minimum atomic E-state index is -1.000. The number of carbonyl (C=O) groups is 3. The molecule has 4 rings (SSSR count). The summed E-state index contributed by atoms with van der Waals surface area (Å²) in [6, 6.07) is 16.3. The van der Waals surface area contributed by atoms with Gasteiger partial charge < -0.3 is 25.2 Å². The molecule has 2 amide bonds. The van der Waals surface area contributed by atoms with Crippen LogP contribution in [-0.4, -0.2) is 55.5 Å². The molecular formula is C27H32N2O6. The van der Waals surface area contributed by atoms with Crippen molar-refractivity contribution >= 4 is 18.0 Å². The van der Waals surface area contributed by atoms with Crippen molar-refractivity contribution in [1.29, 1.82) is 0 Å². The van der Waals surface area contributed by atoms with E-state index < -0.39 is 17.5 Å². The topological polar surface area (TPSA) is 114 Å². The minimum absolute atomic E-state index is 0.0106. The summed E-state index contributed by atoms with van der Waals surface area (Å²) in [5, 5.41) is 14.8. The minimum Gasteiger partial charge on any atom is -0.481 e. The van der Waals surface area contributed by atoms with Gasteiger partial charge >= 0.3 is 12.1 Å². The summed E-state index contributed by atoms with van der Waals surface area (Å²) in [4.78, 5) is 36.3. The Balaban J connectivity index is 1.22. The zero-order valence-electron chi connectivity index (χ0n) is 20.1. The van der Waals surface area contributed by atoms with Crippen molar-refractivity contribution in [1.82, 2.24) is 10.6 Å². The Labute approximate surface area is 205 Å². The number of ether oxygens (including phenoxy) is 2. The van der Waals surface area contributed by atoms with Crippen LogP contribution in [0.1, 0.15) is 43.7 Å². The molecule has 0 saturated carbocycles. The average Bonchev–Trinajstić information content (AvgIpc) is 3.47. The average molecular weight is 481 g/mol. The molecule has 186 valence electrons. The number of carboxylic acid groups (broad SMARTS) is 1. The van der Waals surface area contributed by atoms with Crippen LogP contribution >= 0.6 is 0 Å². The third-order valence-electron chi connectivity index (χ3n) is 7.22. The van der Waals surface area contributed by atoms with E-state index in [-0.39, 0.29) is 50.2 Å². The van der Waals surface area contributed by atoms with Crippen molar-refractivity contribution in [3.8, 4) is 11.1 Å². The van der Waals surface area contributed by atoms with Crippen molar-refractivity contribution in [2.24, 2.45) is 11.3 Å². The Morgan fingerprint density at radius 2 is 1.69 bits per heavy atom. The number of alkyl carbamates (subject to hydrolysis) is 1. The van der Waals surface area contributed by atoms with E-state index in [1.807, 2.05) is 24.3 Å². The molecule has 8 heteroatoms. The number of hydrogen-bond donors (Lipinski definition) is 3. The van der Waals surface area contributed by atoms with Gasteiger partial charge in [-0.1, -0.05) is 55.5 Å². The molecule has 0 bridgehead atoms. The molecular weight excluding hydrogens is 448 g/mol. The molecule has 1 fully saturated rings. The van der Waals surface area contributed by atoms with Gasteiger partial charge in [0.1, 0.15) is 6.61 Å². The largest absolute Gasteiger partial charge is 0.481 e. The predicted octanol–water partition coefficient (Wildman–Crippen LogP) is 3.55. The molecule has 0 aromatic heterocycles. The predicted molar refractivity (Wildman–Crippen MR) is 130 cm³/mol. The van der Waals surface area contributed by atoms with Crippen LogP contribution in [0.15, 0.2) is 48.5 Å². The molecule has 2 aromatic rings. The Morgan fingerprint density at radius 1 is 1.06 bits per heavy atom. The first-order valence-corrected chi connectivity index (χ1v) is 12.0. The molecule has 8 nitrogen and oxygen atoms in total. The van der Waals surface area contributed by atoms with Gasteiger partial charge in [0.05, 0.1) is 24.0 Å². The highest BCUT2D eigenvalue weighted by Crippen LogP contribution is 2.44. The lowest BCUT2D eigenvalue weighted by Gasteiger charge is -2.24. The SMILES string of the molecule is CCC(C)(CNC(=O)C1COC(CNC(=O)OCC2c3ccccc3-c3ccccc32)C1)C(=O)O. The fraction of sp³-hybridized carbons (Fsp3) is 0.444. The van der Waals surface area contributed by atoms with Crippen LogP contribution in [0.2, 0.25) is 0 Å². The molecule has 0 radical (unpaired) electrons. The molecule has 1 heterocycles. The lowest BCUT2D eigenvalue weighted by molar-refractivity contribution is -0.148. The summed E-state index contributed by atoms with van der Waals surface area (Å²) in [6.07, 6.45) is 0.0359. The van der Waals surface area contributed by atoms with E-state index in [2.05, 4.69) is 34.9 Å². The zero-order valence-corrected chi connectivity index (χ0v) is 20.1. The van der Waals surface area contributed by atoms with Gasteiger partial charge in [0.15, 0.2) is 0 Å². The summed E-state index contributed by atoms with van der Waals surface area (Å²) in [5.74, 6) is -1.55. The van der Waals surface area contributed by atoms with Gasteiger partial charge in [-0.15, -0.1) is 0 Å². The van der Waals surface area contributed by atoms with Crippen molar-refractivity contribution in [2.75, 3.05) is 26.3 Å². The number of rotatable bonds is 9.